The second-order valence-electron chi connectivity index (χ2n) is 7.48. The van der Waals surface area contributed by atoms with Crippen LogP contribution in [0.5, 0.6) is 0 Å². The molecule has 5 rings (SSSR count). The number of aromatic nitrogens is 4. The third-order valence-electron chi connectivity index (χ3n) is 5.87. The van der Waals surface area contributed by atoms with Crippen LogP contribution in [0.3, 0.4) is 0 Å². The summed E-state index contributed by atoms with van der Waals surface area (Å²) in [5, 5.41) is 1.11. The molecule has 2 aromatic heterocycles. The van der Waals surface area contributed by atoms with Gasteiger partial charge >= 0.3 is 0 Å². The van der Waals surface area contributed by atoms with Crippen molar-refractivity contribution >= 4 is 22.9 Å². The van der Waals surface area contributed by atoms with E-state index in [4.69, 9.17) is 14.5 Å². The van der Waals surface area contributed by atoms with E-state index in [0.29, 0.717) is 17.9 Å². The quantitative estimate of drug-likeness (QED) is 0.836. The van der Waals surface area contributed by atoms with Gasteiger partial charge in [0.25, 0.3) is 0 Å². The number of rotatable bonds is 3. The molecule has 1 saturated heterocycles. The lowest BCUT2D eigenvalue weighted by Gasteiger charge is -2.26. The van der Waals surface area contributed by atoms with Gasteiger partial charge < -0.3 is 14.0 Å². The maximum Gasteiger partial charge on any atom is 0.170 e. The monoisotopic (exact) mass is 360 g/mol. The van der Waals surface area contributed by atoms with Crippen molar-refractivity contribution in [1.29, 1.82) is 0 Å². The van der Waals surface area contributed by atoms with Gasteiger partial charge in [0.05, 0.1) is 12.3 Å². The van der Waals surface area contributed by atoms with E-state index in [1.54, 1.807) is 6.33 Å². The fourth-order valence-corrected chi connectivity index (χ4v) is 5.79. The summed E-state index contributed by atoms with van der Waals surface area (Å²) in [5.74, 6) is 2.42. The highest BCUT2D eigenvalue weighted by atomic mass is 32.2. The van der Waals surface area contributed by atoms with Crippen LogP contribution in [0.15, 0.2) is 11.5 Å². The molecule has 134 valence electrons. The van der Waals surface area contributed by atoms with Gasteiger partial charge in [-0.1, -0.05) is 11.8 Å². The maximum absolute atomic E-state index is 6.11. The Morgan fingerprint density at radius 2 is 2.28 bits per heavy atom. The molecule has 0 N–H and O–H groups in total. The Morgan fingerprint density at radius 1 is 1.32 bits per heavy atom. The summed E-state index contributed by atoms with van der Waals surface area (Å²) in [6, 6.07) is 0.482. The number of imidazole rings is 1. The van der Waals surface area contributed by atoms with Crippen LogP contribution in [-0.2, 0) is 9.47 Å². The Balaban J connectivity index is 1.36. The van der Waals surface area contributed by atoms with Gasteiger partial charge in [-0.3, -0.25) is 0 Å². The van der Waals surface area contributed by atoms with E-state index in [1.165, 1.54) is 19.3 Å². The number of ether oxygens (including phenoxy) is 2. The van der Waals surface area contributed by atoms with Gasteiger partial charge in [-0.2, -0.15) is 0 Å². The molecule has 4 heterocycles. The molecular formula is C18H24N4O2S. The van der Waals surface area contributed by atoms with Crippen molar-refractivity contribution < 1.29 is 9.47 Å². The van der Waals surface area contributed by atoms with Crippen molar-refractivity contribution in [3.05, 3.63) is 12.0 Å². The van der Waals surface area contributed by atoms with Gasteiger partial charge in [0, 0.05) is 18.4 Å². The summed E-state index contributed by atoms with van der Waals surface area (Å²) in [6.45, 7) is 3.68. The van der Waals surface area contributed by atoms with Crippen LogP contribution in [0.1, 0.15) is 43.8 Å². The highest BCUT2D eigenvalue weighted by Gasteiger charge is 2.40. The molecule has 1 aliphatic carbocycles. The Kier molecular flexibility index (Phi) is 4.18. The van der Waals surface area contributed by atoms with Crippen molar-refractivity contribution in [2.24, 2.45) is 11.8 Å². The number of hydrogen-bond donors (Lipinski definition) is 0. The van der Waals surface area contributed by atoms with Gasteiger partial charge in [-0.05, 0) is 50.9 Å². The molecule has 6 nitrogen and oxygen atoms in total. The summed E-state index contributed by atoms with van der Waals surface area (Å²) in [7, 11) is 0. The minimum atomic E-state index is 0.0177. The summed E-state index contributed by atoms with van der Waals surface area (Å²) >= 11 is 1.87. The minimum absolute atomic E-state index is 0.0177. The number of hydrogen-bond acceptors (Lipinski definition) is 6. The molecule has 25 heavy (non-hydrogen) atoms. The van der Waals surface area contributed by atoms with Crippen molar-refractivity contribution in [3.63, 3.8) is 0 Å². The lowest BCUT2D eigenvalue weighted by molar-refractivity contribution is -0.170. The highest BCUT2D eigenvalue weighted by molar-refractivity contribution is 7.99. The first kappa shape index (κ1) is 16.0. The lowest BCUT2D eigenvalue weighted by atomic mass is 9.99. The van der Waals surface area contributed by atoms with Crippen molar-refractivity contribution in [3.8, 4) is 0 Å². The zero-order valence-electron chi connectivity index (χ0n) is 14.6. The van der Waals surface area contributed by atoms with Gasteiger partial charge in [-0.15, -0.1) is 0 Å². The van der Waals surface area contributed by atoms with E-state index in [0.717, 1.165) is 53.8 Å². The smallest absolute Gasteiger partial charge is 0.170 e. The lowest BCUT2D eigenvalue weighted by Crippen LogP contribution is -2.26. The van der Waals surface area contributed by atoms with E-state index in [2.05, 4.69) is 14.5 Å². The van der Waals surface area contributed by atoms with Gasteiger partial charge in [-0.25, -0.2) is 15.0 Å². The summed E-state index contributed by atoms with van der Waals surface area (Å²) in [6.07, 6.45) is 7.47. The number of nitrogens with zero attached hydrogens (tertiary/aromatic N) is 4. The van der Waals surface area contributed by atoms with Crippen LogP contribution in [0.4, 0.5) is 0 Å². The van der Waals surface area contributed by atoms with Gasteiger partial charge in [0.15, 0.2) is 17.1 Å². The van der Waals surface area contributed by atoms with E-state index in [-0.39, 0.29) is 6.29 Å². The van der Waals surface area contributed by atoms with E-state index in [9.17, 15) is 0 Å². The van der Waals surface area contributed by atoms with Crippen LogP contribution >= 0.6 is 11.8 Å². The second-order valence-corrected chi connectivity index (χ2v) is 8.47. The van der Waals surface area contributed by atoms with Crippen LogP contribution in [0.2, 0.25) is 0 Å². The minimum Gasteiger partial charge on any atom is -0.353 e. The predicted molar refractivity (Wildman–Crippen MR) is 95.6 cm³/mol. The molecule has 1 unspecified atom stereocenters. The molecular weight excluding hydrogens is 336 g/mol. The first-order valence-corrected chi connectivity index (χ1v) is 10.3. The fourth-order valence-electron chi connectivity index (χ4n) is 4.49. The SMILES string of the molecule is Cc1ncnc2c1nc1n2[C@H]2C[C@@H](COC3CCCCO3)[C@@H](CS1)C2. The molecule has 2 aromatic rings. The van der Waals surface area contributed by atoms with Crippen LogP contribution in [0, 0.1) is 18.8 Å². The molecule has 2 bridgehead atoms. The van der Waals surface area contributed by atoms with Crippen molar-refractivity contribution in [2.75, 3.05) is 19.0 Å². The number of aryl methyl sites for hydroxylation is 1. The molecule has 2 fully saturated rings. The highest BCUT2D eigenvalue weighted by Crippen LogP contribution is 2.47. The fraction of sp³-hybridized carbons (Fsp3) is 0.722. The summed E-state index contributed by atoms with van der Waals surface area (Å²) in [5.41, 5.74) is 2.92. The molecule has 0 aromatic carbocycles. The average molecular weight is 360 g/mol. The normalized spacial score (nSPS) is 31.9. The molecule has 3 aliphatic rings. The zero-order chi connectivity index (χ0) is 16.8. The predicted octanol–water partition coefficient (Wildman–Crippen LogP) is 3.35. The Labute approximate surface area is 151 Å². The molecule has 0 amide bonds. The molecule has 0 radical (unpaired) electrons. The number of thioether (sulfide) groups is 1. The summed E-state index contributed by atoms with van der Waals surface area (Å²) < 4.78 is 14.2. The van der Waals surface area contributed by atoms with Gasteiger partial charge in [0.2, 0.25) is 0 Å². The second kappa shape index (κ2) is 6.52. The molecule has 4 atom stereocenters. The molecule has 1 saturated carbocycles. The largest absolute Gasteiger partial charge is 0.353 e. The van der Waals surface area contributed by atoms with Crippen LogP contribution in [0.25, 0.3) is 11.2 Å². The number of fused-ring (bicyclic) bond motifs is 6. The first-order valence-electron chi connectivity index (χ1n) is 9.35. The standard InChI is InChI=1S/C18H24N4O2S/c1-11-16-17(20-10-19-11)22-14-6-12(8-24-15-4-2-3-5-23-15)13(7-14)9-25-18(22)21-16/h10,12-15H,2-9H2,1H3/t12-,13+,14-,15?/m0/s1. The zero-order valence-corrected chi connectivity index (χ0v) is 15.4. The Morgan fingerprint density at radius 3 is 3.16 bits per heavy atom. The third-order valence-corrected chi connectivity index (χ3v) is 7.01. The van der Waals surface area contributed by atoms with Crippen molar-refractivity contribution in [1.82, 2.24) is 19.5 Å². The average Bonchev–Trinajstić information content (AvgIpc) is 3.14. The molecule has 2 aliphatic heterocycles. The molecule has 0 spiro atoms. The van der Waals surface area contributed by atoms with Crippen LogP contribution < -0.4 is 0 Å². The summed E-state index contributed by atoms with van der Waals surface area (Å²) in [4.78, 5) is 13.7. The van der Waals surface area contributed by atoms with Crippen molar-refractivity contribution in [2.45, 2.75) is 56.5 Å². The van der Waals surface area contributed by atoms with E-state index in [1.807, 2.05) is 18.7 Å². The van der Waals surface area contributed by atoms with E-state index < -0.39 is 0 Å². The first-order chi connectivity index (χ1) is 12.3. The van der Waals surface area contributed by atoms with Crippen LogP contribution in [-0.4, -0.2) is 44.8 Å². The molecule has 7 heteroatoms. The maximum atomic E-state index is 6.11. The van der Waals surface area contributed by atoms with E-state index >= 15 is 0 Å². The topological polar surface area (TPSA) is 62.1 Å². The third kappa shape index (κ3) is 2.86. The Bertz CT molecular complexity index is 774. The Hall–Kier alpha value is -1.18. The van der Waals surface area contributed by atoms with Gasteiger partial charge in [0.1, 0.15) is 11.8 Å².